The van der Waals surface area contributed by atoms with E-state index in [9.17, 15) is 9.90 Å². The summed E-state index contributed by atoms with van der Waals surface area (Å²) in [7, 11) is 0. The minimum absolute atomic E-state index is 0.102. The molecule has 3 aliphatic heterocycles. The van der Waals surface area contributed by atoms with Gasteiger partial charge >= 0.3 is 6.09 Å². The number of aromatic amines is 1. The number of likely N-dealkylation sites (tertiary alicyclic amines) is 1. The molecular formula is C27H40N4O4. The van der Waals surface area contributed by atoms with Gasteiger partial charge in [0.25, 0.3) is 0 Å². The number of benzene rings is 1. The van der Waals surface area contributed by atoms with Gasteiger partial charge in [0, 0.05) is 55.8 Å². The topological polar surface area (TPSA) is 90.1 Å². The molecule has 0 saturated carbocycles. The van der Waals surface area contributed by atoms with Crippen molar-refractivity contribution in [3.63, 3.8) is 0 Å². The first-order chi connectivity index (χ1) is 16.9. The quantitative estimate of drug-likeness (QED) is 0.529. The summed E-state index contributed by atoms with van der Waals surface area (Å²) in [5.74, 6) is 1.66. The Morgan fingerprint density at radius 3 is 2.60 bits per heavy atom. The van der Waals surface area contributed by atoms with Crippen molar-refractivity contribution in [2.75, 3.05) is 32.8 Å². The second-order valence-corrected chi connectivity index (χ2v) is 11.0. The number of piperidine rings is 2. The van der Waals surface area contributed by atoms with Crippen LogP contribution < -0.4 is 14.8 Å². The van der Waals surface area contributed by atoms with E-state index in [-0.39, 0.29) is 12.1 Å². The maximum absolute atomic E-state index is 12.6. The number of carbonyl (C=O) groups is 1. The number of aromatic nitrogens is 1. The van der Waals surface area contributed by atoms with Crippen LogP contribution in [-0.2, 0) is 0 Å². The Hall–Kier alpha value is -2.29. The number of carbonyl (C=O) groups excluding carboxylic acids is 1. The highest BCUT2D eigenvalue weighted by atomic mass is 16.6. The summed E-state index contributed by atoms with van der Waals surface area (Å²) in [4.78, 5) is 20.9. The van der Waals surface area contributed by atoms with Gasteiger partial charge in [-0.05, 0) is 56.6 Å². The van der Waals surface area contributed by atoms with Gasteiger partial charge in [0.15, 0.2) is 0 Å². The van der Waals surface area contributed by atoms with Gasteiger partial charge in [-0.25, -0.2) is 4.79 Å². The van der Waals surface area contributed by atoms with E-state index in [1.807, 2.05) is 24.3 Å². The molecule has 35 heavy (non-hydrogen) atoms. The average molecular weight is 485 g/mol. The van der Waals surface area contributed by atoms with E-state index in [1.54, 1.807) is 0 Å². The fourth-order valence-corrected chi connectivity index (χ4v) is 6.00. The van der Waals surface area contributed by atoms with Crippen LogP contribution in [0, 0.1) is 5.92 Å². The predicted octanol–water partition coefficient (Wildman–Crippen LogP) is 3.74. The normalized spacial score (nSPS) is 25.9. The van der Waals surface area contributed by atoms with E-state index in [0.717, 1.165) is 68.5 Å². The van der Waals surface area contributed by atoms with E-state index >= 15 is 0 Å². The molecule has 4 heterocycles. The lowest BCUT2D eigenvalue weighted by atomic mass is 10.00. The number of fused-ring (bicyclic) bond motifs is 3. The molecule has 3 atom stereocenters. The van der Waals surface area contributed by atoms with Gasteiger partial charge in [-0.2, -0.15) is 0 Å². The minimum Gasteiger partial charge on any atom is -0.493 e. The Kier molecular flexibility index (Phi) is 7.51. The van der Waals surface area contributed by atoms with Crippen LogP contribution in [0.2, 0.25) is 0 Å². The molecule has 0 radical (unpaired) electrons. The van der Waals surface area contributed by atoms with Crippen LogP contribution in [-0.4, -0.2) is 83.0 Å². The Morgan fingerprint density at radius 1 is 1.14 bits per heavy atom. The maximum Gasteiger partial charge on any atom is 0.414 e. The molecule has 3 aliphatic rings. The summed E-state index contributed by atoms with van der Waals surface area (Å²) >= 11 is 0. The Labute approximate surface area is 207 Å². The molecule has 3 fully saturated rings. The zero-order chi connectivity index (χ0) is 24.4. The van der Waals surface area contributed by atoms with Crippen molar-refractivity contribution in [3.8, 4) is 11.6 Å². The summed E-state index contributed by atoms with van der Waals surface area (Å²) in [6.45, 7) is 9.00. The average Bonchev–Trinajstić information content (AvgIpc) is 3.34. The second kappa shape index (κ2) is 10.8. The molecule has 5 rings (SSSR count). The van der Waals surface area contributed by atoms with Crippen LogP contribution in [0.3, 0.4) is 0 Å². The van der Waals surface area contributed by atoms with E-state index in [1.165, 1.54) is 12.8 Å². The van der Waals surface area contributed by atoms with Gasteiger partial charge < -0.3 is 29.8 Å². The lowest BCUT2D eigenvalue weighted by molar-refractivity contribution is 0.0285. The summed E-state index contributed by atoms with van der Waals surface area (Å²) < 4.78 is 11.5. The van der Waals surface area contributed by atoms with E-state index in [2.05, 4.69) is 33.9 Å². The summed E-state index contributed by atoms with van der Waals surface area (Å²) in [5, 5.41) is 14.0. The van der Waals surface area contributed by atoms with Crippen molar-refractivity contribution in [1.29, 1.82) is 0 Å². The molecule has 3 N–H and O–H groups in total. The summed E-state index contributed by atoms with van der Waals surface area (Å²) in [6, 6.07) is 8.94. The zero-order valence-corrected chi connectivity index (χ0v) is 21.0. The number of ether oxygens (including phenoxy) is 2. The first-order valence-electron chi connectivity index (χ1n) is 13.3. The number of nitrogens with one attached hydrogen (secondary N) is 2. The van der Waals surface area contributed by atoms with Crippen molar-refractivity contribution in [3.05, 3.63) is 24.3 Å². The lowest BCUT2D eigenvalue weighted by Crippen LogP contribution is -2.50. The number of H-pyrrole nitrogens is 1. The van der Waals surface area contributed by atoms with Gasteiger partial charge in [0.05, 0.1) is 18.2 Å². The highest BCUT2D eigenvalue weighted by molar-refractivity contribution is 5.88. The molecule has 1 unspecified atom stereocenters. The molecule has 0 aliphatic carbocycles. The Bertz CT molecular complexity index is 986. The number of rotatable bonds is 8. The van der Waals surface area contributed by atoms with Gasteiger partial charge in [0.2, 0.25) is 5.88 Å². The monoisotopic (exact) mass is 484 g/mol. The van der Waals surface area contributed by atoms with Crippen molar-refractivity contribution in [2.45, 2.75) is 76.6 Å². The van der Waals surface area contributed by atoms with Gasteiger partial charge in [-0.3, -0.25) is 4.90 Å². The van der Waals surface area contributed by atoms with Crippen LogP contribution >= 0.6 is 0 Å². The van der Waals surface area contributed by atoms with Crippen molar-refractivity contribution in [2.24, 2.45) is 5.92 Å². The first-order valence-corrected chi connectivity index (χ1v) is 13.3. The number of aliphatic hydroxyl groups is 1. The highest BCUT2D eigenvalue weighted by Crippen LogP contribution is 2.35. The molecule has 1 aromatic heterocycles. The van der Waals surface area contributed by atoms with Crippen molar-refractivity contribution in [1.82, 2.24) is 20.1 Å². The fourth-order valence-electron chi connectivity index (χ4n) is 6.00. The molecule has 2 bridgehead atoms. The zero-order valence-electron chi connectivity index (χ0n) is 21.0. The molecule has 1 amide bonds. The number of nitrogens with zero attached hydrogens (tertiary/aromatic N) is 2. The summed E-state index contributed by atoms with van der Waals surface area (Å²) in [6.07, 6.45) is 5.69. The highest BCUT2D eigenvalue weighted by Gasteiger charge is 2.39. The van der Waals surface area contributed by atoms with Crippen LogP contribution in [0.4, 0.5) is 4.79 Å². The molecule has 0 spiro atoms. The van der Waals surface area contributed by atoms with Crippen molar-refractivity contribution >= 4 is 17.0 Å². The Morgan fingerprint density at radius 2 is 1.89 bits per heavy atom. The third-order valence-electron chi connectivity index (χ3n) is 7.82. The third-order valence-corrected chi connectivity index (χ3v) is 7.82. The van der Waals surface area contributed by atoms with Crippen LogP contribution in [0.25, 0.3) is 10.9 Å². The molecule has 1 aromatic carbocycles. The molecular weight excluding hydrogens is 444 g/mol. The molecule has 192 valence electrons. The van der Waals surface area contributed by atoms with E-state index < -0.39 is 6.09 Å². The number of amides is 1. The SMILES string of the molecule is CC(C)COc1cccc2[nH]c(OC(=O)NC3CCN(CCN4[C@@H]5CC[C@H]4CC(O)C5)CC3)cc12. The second-order valence-electron chi connectivity index (χ2n) is 11.0. The standard InChI is InChI=1S/C27H40N4O4/c1-18(2)17-34-25-5-3-4-24-23(25)16-26(29-24)35-27(33)28-19-8-10-30(11-9-19)12-13-31-20-6-7-21(31)15-22(32)14-20/h3-5,16,18-22,29,32H,6-15,17H2,1-2H3,(H,28,33)/t20-,21+,22?. The predicted molar refractivity (Wildman–Crippen MR) is 136 cm³/mol. The van der Waals surface area contributed by atoms with Crippen LogP contribution in [0.15, 0.2) is 24.3 Å². The third kappa shape index (κ3) is 5.93. The molecule has 2 aromatic rings. The maximum atomic E-state index is 12.6. The number of hydrogen-bond acceptors (Lipinski definition) is 6. The number of aliphatic hydroxyl groups excluding tert-OH is 1. The van der Waals surface area contributed by atoms with Crippen LogP contribution in [0.1, 0.15) is 52.4 Å². The van der Waals surface area contributed by atoms with Gasteiger partial charge in [0.1, 0.15) is 5.75 Å². The largest absolute Gasteiger partial charge is 0.493 e. The molecule has 8 nitrogen and oxygen atoms in total. The van der Waals surface area contributed by atoms with E-state index in [0.29, 0.717) is 30.5 Å². The van der Waals surface area contributed by atoms with Crippen LogP contribution in [0.5, 0.6) is 11.6 Å². The minimum atomic E-state index is -0.414. The number of hydrogen-bond donors (Lipinski definition) is 3. The van der Waals surface area contributed by atoms with E-state index in [4.69, 9.17) is 9.47 Å². The van der Waals surface area contributed by atoms with Crippen molar-refractivity contribution < 1.29 is 19.4 Å². The molecule has 3 saturated heterocycles. The fraction of sp³-hybridized carbons (Fsp3) is 0.667. The smallest absolute Gasteiger partial charge is 0.414 e. The molecule has 8 heteroatoms. The van der Waals surface area contributed by atoms with Gasteiger partial charge in [-0.1, -0.05) is 19.9 Å². The Balaban J connectivity index is 1.06. The first kappa shape index (κ1) is 24.4. The van der Waals surface area contributed by atoms with Gasteiger partial charge in [-0.15, -0.1) is 0 Å². The summed E-state index contributed by atoms with van der Waals surface area (Å²) in [5.41, 5.74) is 0.888. The lowest BCUT2D eigenvalue weighted by Gasteiger charge is -2.39.